The number of amides is 2. The quantitative estimate of drug-likeness (QED) is 0.721. The molecule has 5 nitrogen and oxygen atoms in total. The van der Waals surface area contributed by atoms with E-state index in [0.29, 0.717) is 9.92 Å². The van der Waals surface area contributed by atoms with Crippen molar-refractivity contribution in [3.05, 3.63) is 58.4 Å². The Balaban J connectivity index is 1.88. The van der Waals surface area contributed by atoms with Gasteiger partial charge in [-0.25, -0.2) is 4.39 Å². The Bertz CT molecular complexity index is 808. The fourth-order valence-corrected chi connectivity index (χ4v) is 2.65. The molecule has 7 heteroatoms. The molecule has 0 bridgehead atoms. The molecule has 3 N–H and O–H groups in total. The minimum atomic E-state index is -0.562. The lowest BCUT2D eigenvalue weighted by atomic mass is 10.1. The first kappa shape index (κ1) is 19.9. The van der Waals surface area contributed by atoms with Gasteiger partial charge in [0.1, 0.15) is 5.82 Å². The zero-order valence-corrected chi connectivity index (χ0v) is 15.7. The van der Waals surface area contributed by atoms with Crippen LogP contribution in [0.5, 0.6) is 0 Å². The summed E-state index contributed by atoms with van der Waals surface area (Å²) in [5.74, 6) is -1.16. The van der Waals surface area contributed by atoms with E-state index in [4.69, 9.17) is 11.6 Å². The largest absolute Gasteiger partial charge is 0.322 e. The van der Waals surface area contributed by atoms with E-state index in [2.05, 4.69) is 10.6 Å². The Morgan fingerprint density at radius 2 is 1.65 bits per heavy atom. The highest BCUT2D eigenvalue weighted by atomic mass is 35.5. The monoisotopic (exact) mass is 378 g/mol. The third-order valence-electron chi connectivity index (χ3n) is 4.01. The second-order valence-electron chi connectivity index (χ2n) is 6.28. The fourth-order valence-electron chi connectivity index (χ4n) is 2.48. The van der Waals surface area contributed by atoms with Crippen LogP contribution in [0.25, 0.3) is 0 Å². The van der Waals surface area contributed by atoms with Crippen molar-refractivity contribution >= 4 is 34.8 Å². The average Bonchev–Trinajstić information content (AvgIpc) is 2.55. The summed E-state index contributed by atoms with van der Waals surface area (Å²) in [4.78, 5) is 24.9. The minimum absolute atomic E-state index is 0.0200. The van der Waals surface area contributed by atoms with E-state index in [-0.39, 0.29) is 24.7 Å². The maximum Gasteiger partial charge on any atom is 0.279 e. The lowest BCUT2D eigenvalue weighted by Crippen LogP contribution is -3.11. The molecule has 1 atom stereocenters. The van der Waals surface area contributed by atoms with Crippen LogP contribution in [0.1, 0.15) is 11.1 Å². The van der Waals surface area contributed by atoms with Gasteiger partial charge in [0, 0.05) is 10.7 Å². The number of hydrogen-bond donors (Lipinski definition) is 3. The van der Waals surface area contributed by atoms with Crippen molar-refractivity contribution < 1.29 is 18.9 Å². The van der Waals surface area contributed by atoms with Gasteiger partial charge in [0.2, 0.25) is 0 Å². The highest BCUT2D eigenvalue weighted by molar-refractivity contribution is 6.30. The summed E-state index contributed by atoms with van der Waals surface area (Å²) in [7, 11) is 1.72. The summed E-state index contributed by atoms with van der Waals surface area (Å²) in [5, 5.41) is 5.65. The van der Waals surface area contributed by atoms with Gasteiger partial charge in [0.15, 0.2) is 13.1 Å². The third kappa shape index (κ3) is 5.54. The van der Waals surface area contributed by atoms with Gasteiger partial charge in [-0.1, -0.05) is 23.7 Å². The van der Waals surface area contributed by atoms with E-state index in [1.165, 1.54) is 18.2 Å². The van der Waals surface area contributed by atoms with E-state index >= 15 is 0 Å². The van der Waals surface area contributed by atoms with Gasteiger partial charge in [-0.3, -0.25) is 9.59 Å². The SMILES string of the molecule is Cc1cccc(NC(=O)C[NH+](C)CC(=O)Nc2cc(Cl)ccc2F)c1C. The maximum absolute atomic E-state index is 13.6. The predicted octanol–water partition coefficient (Wildman–Crippen LogP) is 2.19. The number of hydrogen-bond acceptors (Lipinski definition) is 2. The highest BCUT2D eigenvalue weighted by Crippen LogP contribution is 2.19. The number of aryl methyl sites for hydroxylation is 1. The Hall–Kier alpha value is -2.44. The molecule has 2 aromatic carbocycles. The fraction of sp³-hybridized carbons (Fsp3) is 0.263. The summed E-state index contributed by atoms with van der Waals surface area (Å²) in [6, 6.07) is 9.62. The molecule has 0 aromatic heterocycles. The first-order valence-electron chi connectivity index (χ1n) is 8.18. The van der Waals surface area contributed by atoms with Crippen molar-refractivity contribution in [1.29, 1.82) is 0 Å². The molecule has 0 radical (unpaired) electrons. The standard InChI is InChI=1S/C19H21ClFN3O2/c1-12-5-4-6-16(13(12)2)22-18(25)10-24(3)11-19(26)23-17-9-14(20)7-8-15(17)21/h4-9H,10-11H2,1-3H3,(H,22,25)(H,23,26)/p+1. The van der Waals surface area contributed by atoms with Crippen molar-refractivity contribution in [3.8, 4) is 0 Å². The predicted molar refractivity (Wildman–Crippen MR) is 101 cm³/mol. The van der Waals surface area contributed by atoms with E-state index in [0.717, 1.165) is 16.8 Å². The number of halogens is 2. The molecular weight excluding hydrogens is 357 g/mol. The van der Waals surface area contributed by atoms with Crippen LogP contribution in [-0.4, -0.2) is 32.0 Å². The number of carbonyl (C=O) groups excluding carboxylic acids is 2. The Morgan fingerprint density at radius 1 is 1.04 bits per heavy atom. The van der Waals surface area contributed by atoms with Crippen LogP contribution in [0, 0.1) is 19.7 Å². The highest BCUT2D eigenvalue weighted by Gasteiger charge is 2.16. The summed E-state index contributed by atoms with van der Waals surface area (Å²) in [6.07, 6.45) is 0. The molecule has 138 valence electrons. The molecule has 2 amide bonds. The molecule has 0 spiro atoms. The van der Waals surface area contributed by atoms with Crippen LogP contribution < -0.4 is 15.5 Å². The molecule has 0 saturated carbocycles. The van der Waals surface area contributed by atoms with Crippen LogP contribution in [0.15, 0.2) is 36.4 Å². The smallest absolute Gasteiger partial charge is 0.279 e. The lowest BCUT2D eigenvalue weighted by Gasteiger charge is -2.15. The zero-order chi connectivity index (χ0) is 19.3. The molecule has 0 saturated heterocycles. The number of rotatable bonds is 6. The van der Waals surface area contributed by atoms with Crippen LogP contribution in [0.2, 0.25) is 5.02 Å². The second-order valence-corrected chi connectivity index (χ2v) is 6.72. The molecule has 0 fully saturated rings. The number of benzene rings is 2. The Kier molecular flexibility index (Phi) is 6.71. The van der Waals surface area contributed by atoms with Crippen molar-refractivity contribution in [2.75, 3.05) is 30.8 Å². The third-order valence-corrected chi connectivity index (χ3v) is 4.24. The van der Waals surface area contributed by atoms with E-state index in [9.17, 15) is 14.0 Å². The summed E-state index contributed by atoms with van der Waals surface area (Å²) in [6.45, 7) is 4.04. The van der Waals surface area contributed by atoms with Crippen molar-refractivity contribution in [2.24, 2.45) is 0 Å². The minimum Gasteiger partial charge on any atom is -0.322 e. The van der Waals surface area contributed by atoms with Gasteiger partial charge in [0.05, 0.1) is 12.7 Å². The number of likely N-dealkylation sites (N-methyl/N-ethyl adjacent to an activating group) is 1. The normalized spacial score (nSPS) is 11.7. The number of quaternary nitrogens is 1. The Morgan fingerprint density at radius 3 is 2.31 bits per heavy atom. The zero-order valence-electron chi connectivity index (χ0n) is 15.0. The second kappa shape index (κ2) is 8.78. The van der Waals surface area contributed by atoms with Crippen LogP contribution in [-0.2, 0) is 9.59 Å². The van der Waals surface area contributed by atoms with Gasteiger partial charge in [-0.2, -0.15) is 0 Å². The Labute approximate surface area is 157 Å². The first-order valence-corrected chi connectivity index (χ1v) is 8.56. The average molecular weight is 379 g/mol. The van der Waals surface area contributed by atoms with Crippen LogP contribution in [0.4, 0.5) is 15.8 Å². The van der Waals surface area contributed by atoms with Gasteiger partial charge in [0.25, 0.3) is 11.8 Å². The molecule has 1 unspecified atom stereocenters. The van der Waals surface area contributed by atoms with E-state index < -0.39 is 11.7 Å². The number of carbonyl (C=O) groups is 2. The molecule has 26 heavy (non-hydrogen) atoms. The maximum atomic E-state index is 13.6. The summed E-state index contributed by atoms with van der Waals surface area (Å²) in [5.41, 5.74) is 2.88. The molecule has 0 heterocycles. The van der Waals surface area contributed by atoms with Crippen molar-refractivity contribution in [2.45, 2.75) is 13.8 Å². The summed E-state index contributed by atoms with van der Waals surface area (Å²) >= 11 is 5.80. The van der Waals surface area contributed by atoms with Crippen LogP contribution in [0.3, 0.4) is 0 Å². The van der Waals surface area contributed by atoms with Gasteiger partial charge >= 0.3 is 0 Å². The molecule has 2 aromatic rings. The molecule has 0 aliphatic carbocycles. The topological polar surface area (TPSA) is 62.6 Å². The number of nitrogens with one attached hydrogen (secondary N) is 3. The van der Waals surface area contributed by atoms with Gasteiger partial charge in [-0.05, 0) is 49.2 Å². The molecule has 0 aliphatic rings. The van der Waals surface area contributed by atoms with Crippen molar-refractivity contribution in [1.82, 2.24) is 0 Å². The van der Waals surface area contributed by atoms with E-state index in [1.807, 2.05) is 32.0 Å². The van der Waals surface area contributed by atoms with E-state index in [1.54, 1.807) is 7.05 Å². The molecule has 2 rings (SSSR count). The molecular formula is C19H22ClFN3O2+. The molecule has 0 aliphatic heterocycles. The summed E-state index contributed by atoms with van der Waals surface area (Å²) < 4.78 is 13.6. The lowest BCUT2D eigenvalue weighted by molar-refractivity contribution is -0.862. The van der Waals surface area contributed by atoms with Crippen LogP contribution >= 0.6 is 11.6 Å². The van der Waals surface area contributed by atoms with Crippen molar-refractivity contribution in [3.63, 3.8) is 0 Å². The van der Waals surface area contributed by atoms with Gasteiger partial charge in [-0.15, -0.1) is 0 Å². The number of anilines is 2. The first-order chi connectivity index (χ1) is 12.3. The van der Waals surface area contributed by atoms with Gasteiger partial charge < -0.3 is 15.5 Å².